The highest BCUT2D eigenvalue weighted by molar-refractivity contribution is 5.91. The van der Waals surface area contributed by atoms with Crippen molar-refractivity contribution in [3.05, 3.63) is 71.0 Å². The van der Waals surface area contributed by atoms with Gasteiger partial charge in [0.25, 0.3) is 5.91 Å². The van der Waals surface area contributed by atoms with Crippen LogP contribution in [0.2, 0.25) is 0 Å². The van der Waals surface area contributed by atoms with Crippen LogP contribution >= 0.6 is 0 Å². The van der Waals surface area contributed by atoms with E-state index in [1.807, 2.05) is 18.2 Å². The van der Waals surface area contributed by atoms with Crippen molar-refractivity contribution in [1.82, 2.24) is 5.32 Å². The zero-order valence-electron chi connectivity index (χ0n) is 13.1. The van der Waals surface area contributed by atoms with Gasteiger partial charge in [0.05, 0.1) is 11.6 Å². The van der Waals surface area contributed by atoms with Gasteiger partial charge in [-0.15, -0.1) is 0 Å². The number of halogens is 1. The van der Waals surface area contributed by atoms with Crippen LogP contribution in [0.15, 0.2) is 48.5 Å². The van der Waals surface area contributed by atoms with Crippen molar-refractivity contribution in [1.29, 1.82) is 0 Å². The SMILES string of the molecule is O=C(COC(=O)c1ccccc1F)N[C@@H]1CCCc2ccccc21. The second kappa shape index (κ2) is 7.25. The number of ether oxygens (including phenoxy) is 1. The lowest BCUT2D eigenvalue weighted by molar-refractivity contribution is -0.125. The van der Waals surface area contributed by atoms with Crippen molar-refractivity contribution in [3.63, 3.8) is 0 Å². The van der Waals surface area contributed by atoms with Crippen LogP contribution in [0.5, 0.6) is 0 Å². The summed E-state index contributed by atoms with van der Waals surface area (Å²) >= 11 is 0. The Balaban J connectivity index is 1.57. The summed E-state index contributed by atoms with van der Waals surface area (Å²) in [5.74, 6) is -1.89. The van der Waals surface area contributed by atoms with Crippen molar-refractivity contribution in [2.24, 2.45) is 0 Å². The van der Waals surface area contributed by atoms with Gasteiger partial charge in [-0.3, -0.25) is 4.79 Å². The van der Waals surface area contributed by atoms with Gasteiger partial charge in [0.1, 0.15) is 5.82 Å². The van der Waals surface area contributed by atoms with Crippen LogP contribution in [0, 0.1) is 5.82 Å². The fraction of sp³-hybridized carbons (Fsp3) is 0.263. The van der Waals surface area contributed by atoms with Gasteiger partial charge in [-0.05, 0) is 42.5 Å². The molecule has 1 atom stereocenters. The highest BCUT2D eigenvalue weighted by atomic mass is 19.1. The second-order valence-electron chi connectivity index (χ2n) is 5.77. The number of fused-ring (bicyclic) bond motifs is 1. The summed E-state index contributed by atoms with van der Waals surface area (Å²) < 4.78 is 18.4. The molecule has 0 bridgehead atoms. The third-order valence-corrected chi connectivity index (χ3v) is 4.13. The molecular weight excluding hydrogens is 309 g/mol. The first kappa shape index (κ1) is 16.2. The van der Waals surface area contributed by atoms with Gasteiger partial charge in [-0.25, -0.2) is 9.18 Å². The van der Waals surface area contributed by atoms with E-state index in [1.165, 1.54) is 23.8 Å². The summed E-state index contributed by atoms with van der Waals surface area (Å²) in [7, 11) is 0. The maximum atomic E-state index is 13.5. The molecule has 1 N–H and O–H groups in total. The zero-order valence-corrected chi connectivity index (χ0v) is 13.1. The Labute approximate surface area is 139 Å². The molecule has 0 unspecified atom stereocenters. The maximum absolute atomic E-state index is 13.5. The molecule has 1 amide bonds. The Bertz CT molecular complexity index is 760. The predicted molar refractivity (Wildman–Crippen MR) is 86.9 cm³/mol. The van der Waals surface area contributed by atoms with Gasteiger partial charge >= 0.3 is 5.97 Å². The van der Waals surface area contributed by atoms with Crippen molar-refractivity contribution >= 4 is 11.9 Å². The van der Waals surface area contributed by atoms with Gasteiger partial charge in [-0.1, -0.05) is 36.4 Å². The van der Waals surface area contributed by atoms with Crippen molar-refractivity contribution < 1.29 is 18.7 Å². The molecule has 1 aliphatic rings. The average Bonchev–Trinajstić information content (AvgIpc) is 2.60. The zero-order chi connectivity index (χ0) is 16.9. The van der Waals surface area contributed by atoms with Crippen LogP contribution in [0.4, 0.5) is 4.39 Å². The molecule has 0 spiro atoms. The first-order valence-electron chi connectivity index (χ1n) is 7.94. The van der Waals surface area contributed by atoms with Crippen LogP contribution in [0.1, 0.15) is 40.4 Å². The van der Waals surface area contributed by atoms with Gasteiger partial charge in [0, 0.05) is 0 Å². The molecule has 5 heteroatoms. The first-order chi connectivity index (χ1) is 11.6. The number of hydrogen-bond donors (Lipinski definition) is 1. The third-order valence-electron chi connectivity index (χ3n) is 4.13. The maximum Gasteiger partial charge on any atom is 0.341 e. The molecule has 0 saturated heterocycles. The highest BCUT2D eigenvalue weighted by Gasteiger charge is 2.22. The van der Waals surface area contributed by atoms with E-state index in [-0.39, 0.29) is 17.5 Å². The standard InChI is InChI=1S/C19H18FNO3/c20-16-10-4-3-9-15(16)19(23)24-12-18(22)21-17-11-5-7-13-6-1-2-8-14(13)17/h1-4,6,8-10,17H,5,7,11-12H2,(H,21,22)/t17-/m1/s1. The number of carbonyl (C=O) groups excluding carboxylic acids is 2. The molecule has 4 nitrogen and oxygen atoms in total. The molecule has 2 aromatic carbocycles. The lowest BCUT2D eigenvalue weighted by Gasteiger charge is -2.26. The van der Waals surface area contributed by atoms with E-state index in [9.17, 15) is 14.0 Å². The molecule has 1 aliphatic carbocycles. The third kappa shape index (κ3) is 3.62. The molecule has 0 aromatic heterocycles. The summed E-state index contributed by atoms with van der Waals surface area (Å²) in [6, 6.07) is 13.5. The Morgan fingerprint density at radius 2 is 1.88 bits per heavy atom. The summed E-state index contributed by atoms with van der Waals surface area (Å²) in [5.41, 5.74) is 2.17. The number of carbonyl (C=O) groups is 2. The molecule has 0 fully saturated rings. The minimum absolute atomic E-state index is 0.0744. The van der Waals surface area contributed by atoms with Crippen molar-refractivity contribution in [3.8, 4) is 0 Å². The smallest absolute Gasteiger partial charge is 0.341 e. The topological polar surface area (TPSA) is 55.4 Å². The molecule has 0 heterocycles. The van der Waals surface area contributed by atoms with E-state index in [0.717, 1.165) is 24.8 Å². The van der Waals surface area contributed by atoms with E-state index in [0.29, 0.717) is 0 Å². The van der Waals surface area contributed by atoms with Crippen LogP contribution in [-0.4, -0.2) is 18.5 Å². The van der Waals surface area contributed by atoms with Gasteiger partial charge in [0.15, 0.2) is 6.61 Å². The average molecular weight is 327 g/mol. The quantitative estimate of drug-likeness (QED) is 0.878. The molecule has 2 aromatic rings. The van der Waals surface area contributed by atoms with Gasteiger partial charge < -0.3 is 10.1 Å². The predicted octanol–water partition coefficient (Wildman–Crippen LogP) is 3.18. The molecule has 0 saturated carbocycles. The van der Waals surface area contributed by atoms with Crippen LogP contribution < -0.4 is 5.32 Å². The Morgan fingerprint density at radius 1 is 1.12 bits per heavy atom. The minimum atomic E-state index is -0.840. The number of rotatable bonds is 4. The van der Waals surface area contributed by atoms with E-state index in [4.69, 9.17) is 4.74 Å². The van der Waals surface area contributed by atoms with E-state index >= 15 is 0 Å². The van der Waals surface area contributed by atoms with E-state index in [2.05, 4.69) is 11.4 Å². The lowest BCUT2D eigenvalue weighted by Crippen LogP contribution is -2.34. The van der Waals surface area contributed by atoms with Crippen molar-refractivity contribution in [2.45, 2.75) is 25.3 Å². The normalized spacial score (nSPS) is 16.1. The largest absolute Gasteiger partial charge is 0.452 e. The summed E-state index contributed by atoms with van der Waals surface area (Å²) in [6.07, 6.45) is 2.85. The van der Waals surface area contributed by atoms with Gasteiger partial charge in [0.2, 0.25) is 0 Å². The Kier molecular flexibility index (Phi) is 4.89. The van der Waals surface area contributed by atoms with Crippen LogP contribution in [0.25, 0.3) is 0 Å². The molecule has 24 heavy (non-hydrogen) atoms. The monoisotopic (exact) mass is 327 g/mol. The first-order valence-corrected chi connectivity index (χ1v) is 7.94. The number of nitrogens with one attached hydrogen (secondary N) is 1. The molecule has 124 valence electrons. The number of esters is 1. The lowest BCUT2D eigenvalue weighted by atomic mass is 9.88. The fourth-order valence-corrected chi connectivity index (χ4v) is 2.98. The minimum Gasteiger partial charge on any atom is -0.452 e. The second-order valence-corrected chi connectivity index (χ2v) is 5.77. The Hall–Kier alpha value is -2.69. The van der Waals surface area contributed by atoms with Gasteiger partial charge in [-0.2, -0.15) is 0 Å². The highest BCUT2D eigenvalue weighted by Crippen LogP contribution is 2.29. The summed E-state index contributed by atoms with van der Waals surface area (Å²) in [5, 5.41) is 2.89. The van der Waals surface area contributed by atoms with Crippen LogP contribution in [-0.2, 0) is 16.0 Å². The van der Waals surface area contributed by atoms with E-state index in [1.54, 1.807) is 6.07 Å². The Morgan fingerprint density at radius 3 is 2.71 bits per heavy atom. The van der Waals surface area contributed by atoms with Crippen LogP contribution in [0.3, 0.4) is 0 Å². The van der Waals surface area contributed by atoms with E-state index < -0.39 is 18.4 Å². The summed E-state index contributed by atoms with van der Waals surface area (Å²) in [6.45, 7) is -0.425. The number of hydrogen-bond acceptors (Lipinski definition) is 3. The molecule has 3 rings (SSSR count). The number of benzene rings is 2. The molecule has 0 radical (unpaired) electrons. The molecular formula is C19H18FNO3. The fourth-order valence-electron chi connectivity index (χ4n) is 2.98. The number of amides is 1. The van der Waals surface area contributed by atoms with Crippen molar-refractivity contribution in [2.75, 3.05) is 6.61 Å². The summed E-state index contributed by atoms with van der Waals surface area (Å²) in [4.78, 5) is 23.9. The molecule has 0 aliphatic heterocycles. The number of aryl methyl sites for hydroxylation is 1.